The monoisotopic (exact) mass is 151 g/mol. The maximum Gasteiger partial charge on any atom is 0.0950 e. The van der Waals surface area contributed by atoms with Crippen LogP contribution in [0.15, 0.2) is 23.0 Å². The van der Waals surface area contributed by atoms with E-state index in [4.69, 9.17) is 10.2 Å². The Morgan fingerprint density at radius 1 is 1.64 bits per heavy atom. The zero-order valence-electron chi connectivity index (χ0n) is 6.49. The fraction of sp³-hybridized carbons (Fsp3) is 0.556. The molecule has 0 aliphatic heterocycles. The summed E-state index contributed by atoms with van der Waals surface area (Å²) in [5.74, 6) is 0.889. The van der Waals surface area contributed by atoms with Crippen LogP contribution in [0.4, 0.5) is 0 Å². The minimum Gasteiger partial charge on any atom is -0.472 e. The molecule has 1 atom stereocenters. The van der Waals surface area contributed by atoms with Gasteiger partial charge in [-0.1, -0.05) is 12.8 Å². The van der Waals surface area contributed by atoms with Crippen LogP contribution in [0.5, 0.6) is 0 Å². The Hall–Kier alpha value is -0.760. The molecule has 1 aliphatic rings. The second-order valence-corrected chi connectivity index (χ2v) is 3.34. The Bertz CT molecular complexity index is 213. The van der Waals surface area contributed by atoms with Gasteiger partial charge in [-0.05, 0) is 18.4 Å². The molecule has 0 aromatic carbocycles. The molecular weight excluding hydrogens is 138 g/mol. The number of hydrogen-bond donors (Lipinski definition) is 1. The first-order valence-corrected chi connectivity index (χ1v) is 4.14. The molecule has 11 heavy (non-hydrogen) atoms. The normalized spacial score (nSPS) is 20.1. The summed E-state index contributed by atoms with van der Waals surface area (Å²) in [6.45, 7) is 0. The highest BCUT2D eigenvalue weighted by molar-refractivity contribution is 5.11. The van der Waals surface area contributed by atoms with Crippen molar-refractivity contribution >= 4 is 0 Å². The van der Waals surface area contributed by atoms with E-state index in [2.05, 4.69) is 0 Å². The van der Waals surface area contributed by atoms with Crippen molar-refractivity contribution in [2.45, 2.75) is 25.3 Å². The van der Waals surface area contributed by atoms with E-state index in [-0.39, 0.29) is 6.04 Å². The zero-order valence-corrected chi connectivity index (χ0v) is 6.49. The summed E-state index contributed by atoms with van der Waals surface area (Å²) in [4.78, 5) is 0. The molecule has 0 saturated heterocycles. The molecule has 0 radical (unpaired) electrons. The van der Waals surface area contributed by atoms with E-state index >= 15 is 0 Å². The van der Waals surface area contributed by atoms with Crippen molar-refractivity contribution in [3.8, 4) is 0 Å². The molecule has 2 nitrogen and oxygen atoms in total. The third kappa shape index (κ3) is 1.63. The fourth-order valence-corrected chi connectivity index (χ4v) is 1.33. The Morgan fingerprint density at radius 3 is 3.00 bits per heavy atom. The van der Waals surface area contributed by atoms with Gasteiger partial charge in [0.05, 0.1) is 12.5 Å². The van der Waals surface area contributed by atoms with E-state index in [9.17, 15) is 0 Å². The number of rotatable bonds is 3. The lowest BCUT2D eigenvalue weighted by atomic mass is 10.1. The summed E-state index contributed by atoms with van der Waals surface area (Å²) in [5.41, 5.74) is 7.06. The Morgan fingerprint density at radius 2 is 2.45 bits per heavy atom. The molecule has 0 amide bonds. The fourth-order valence-electron chi connectivity index (χ4n) is 1.33. The summed E-state index contributed by atoms with van der Waals surface area (Å²) in [5, 5.41) is 0. The van der Waals surface area contributed by atoms with Crippen LogP contribution < -0.4 is 5.73 Å². The second kappa shape index (κ2) is 2.70. The first-order valence-electron chi connectivity index (χ1n) is 4.14. The molecule has 1 heterocycles. The lowest BCUT2D eigenvalue weighted by Gasteiger charge is -2.06. The molecular formula is C9H13NO. The number of nitrogens with two attached hydrogens (primary N) is 1. The van der Waals surface area contributed by atoms with E-state index in [0.29, 0.717) is 0 Å². The van der Waals surface area contributed by atoms with Crippen molar-refractivity contribution in [2.75, 3.05) is 0 Å². The van der Waals surface area contributed by atoms with Gasteiger partial charge in [0.2, 0.25) is 0 Å². The van der Waals surface area contributed by atoms with Crippen molar-refractivity contribution in [3.05, 3.63) is 24.2 Å². The molecule has 1 aromatic heterocycles. The molecule has 60 valence electrons. The topological polar surface area (TPSA) is 39.2 Å². The molecule has 1 fully saturated rings. The van der Waals surface area contributed by atoms with Gasteiger partial charge in [-0.3, -0.25) is 0 Å². The van der Waals surface area contributed by atoms with Gasteiger partial charge >= 0.3 is 0 Å². The highest BCUT2D eigenvalue weighted by Crippen LogP contribution is 2.36. The van der Waals surface area contributed by atoms with Crippen LogP contribution in [0, 0.1) is 5.92 Å². The average molecular weight is 151 g/mol. The van der Waals surface area contributed by atoms with Crippen molar-refractivity contribution in [3.63, 3.8) is 0 Å². The molecule has 2 heteroatoms. The van der Waals surface area contributed by atoms with E-state index in [1.54, 1.807) is 12.5 Å². The minimum absolute atomic E-state index is 0.196. The van der Waals surface area contributed by atoms with Crippen LogP contribution in [-0.4, -0.2) is 0 Å². The molecule has 0 bridgehead atoms. The lowest BCUT2D eigenvalue weighted by Crippen LogP contribution is -2.09. The van der Waals surface area contributed by atoms with Crippen molar-refractivity contribution in [1.29, 1.82) is 0 Å². The highest BCUT2D eigenvalue weighted by Gasteiger charge is 2.24. The third-order valence-corrected chi connectivity index (χ3v) is 2.26. The third-order valence-electron chi connectivity index (χ3n) is 2.26. The quantitative estimate of drug-likeness (QED) is 0.718. The smallest absolute Gasteiger partial charge is 0.0950 e. The Balaban J connectivity index is 1.93. The summed E-state index contributed by atoms with van der Waals surface area (Å²) >= 11 is 0. The molecule has 1 aliphatic carbocycles. The highest BCUT2D eigenvalue weighted by atomic mass is 16.3. The van der Waals surface area contributed by atoms with E-state index in [1.165, 1.54) is 12.8 Å². The molecule has 0 unspecified atom stereocenters. The Labute approximate surface area is 66.4 Å². The first kappa shape index (κ1) is 6.92. The van der Waals surface area contributed by atoms with E-state index < -0.39 is 0 Å². The van der Waals surface area contributed by atoms with Gasteiger partial charge in [0.25, 0.3) is 0 Å². The maximum absolute atomic E-state index is 5.92. The predicted octanol–water partition coefficient (Wildman–Crippen LogP) is 2.08. The SMILES string of the molecule is N[C@@H](CC1CC1)c1ccoc1. The molecule has 1 saturated carbocycles. The molecule has 0 spiro atoms. The van der Waals surface area contributed by atoms with Crippen molar-refractivity contribution in [2.24, 2.45) is 11.7 Å². The maximum atomic E-state index is 5.92. The minimum atomic E-state index is 0.196. The van der Waals surface area contributed by atoms with E-state index in [1.807, 2.05) is 6.07 Å². The van der Waals surface area contributed by atoms with Crippen LogP contribution in [0.25, 0.3) is 0 Å². The van der Waals surface area contributed by atoms with Crippen molar-refractivity contribution < 1.29 is 4.42 Å². The van der Waals surface area contributed by atoms with Gasteiger partial charge < -0.3 is 10.2 Å². The van der Waals surface area contributed by atoms with Gasteiger partial charge in [0.15, 0.2) is 0 Å². The zero-order chi connectivity index (χ0) is 7.68. The summed E-state index contributed by atoms with van der Waals surface area (Å²) in [6.07, 6.45) is 7.28. The standard InChI is InChI=1S/C9H13NO/c10-9(5-7-1-2-7)8-3-4-11-6-8/h3-4,6-7,9H,1-2,5,10H2/t9-/m0/s1. The summed E-state index contributed by atoms with van der Waals surface area (Å²) in [7, 11) is 0. The van der Waals surface area contributed by atoms with Crippen LogP contribution in [0.2, 0.25) is 0 Å². The van der Waals surface area contributed by atoms with Gasteiger partial charge in [-0.25, -0.2) is 0 Å². The van der Waals surface area contributed by atoms with Gasteiger partial charge in [0.1, 0.15) is 0 Å². The summed E-state index contributed by atoms with van der Waals surface area (Å²) < 4.78 is 4.96. The van der Waals surface area contributed by atoms with Gasteiger partial charge in [-0.15, -0.1) is 0 Å². The predicted molar refractivity (Wildman–Crippen MR) is 43.0 cm³/mol. The van der Waals surface area contributed by atoms with Crippen LogP contribution in [0.3, 0.4) is 0 Å². The van der Waals surface area contributed by atoms with Crippen LogP contribution in [-0.2, 0) is 0 Å². The first-order chi connectivity index (χ1) is 5.36. The van der Waals surface area contributed by atoms with Crippen LogP contribution >= 0.6 is 0 Å². The van der Waals surface area contributed by atoms with Crippen molar-refractivity contribution in [1.82, 2.24) is 0 Å². The van der Waals surface area contributed by atoms with Crippen LogP contribution in [0.1, 0.15) is 30.9 Å². The Kier molecular flexibility index (Phi) is 1.70. The molecule has 1 aromatic rings. The van der Waals surface area contributed by atoms with Gasteiger partial charge in [0, 0.05) is 11.6 Å². The second-order valence-electron chi connectivity index (χ2n) is 3.34. The average Bonchev–Trinajstić information content (AvgIpc) is 2.67. The molecule has 2 N–H and O–H groups in total. The van der Waals surface area contributed by atoms with E-state index in [0.717, 1.165) is 17.9 Å². The molecule has 2 rings (SSSR count). The van der Waals surface area contributed by atoms with Gasteiger partial charge in [-0.2, -0.15) is 0 Å². The number of furan rings is 1. The number of hydrogen-bond acceptors (Lipinski definition) is 2. The largest absolute Gasteiger partial charge is 0.472 e. The lowest BCUT2D eigenvalue weighted by molar-refractivity contribution is 0.546. The summed E-state index contributed by atoms with van der Waals surface area (Å²) in [6, 6.07) is 2.15.